The Morgan fingerprint density at radius 3 is 2.74 bits per heavy atom. The summed E-state index contributed by atoms with van der Waals surface area (Å²) in [5, 5.41) is 19.0. The maximum atomic E-state index is 12.9. The molecule has 5 rings (SSSR count). The van der Waals surface area contributed by atoms with Gasteiger partial charge in [0.25, 0.3) is 0 Å². The van der Waals surface area contributed by atoms with Crippen molar-refractivity contribution in [1.82, 2.24) is 30.0 Å². The minimum Gasteiger partial charge on any atom is -0.383 e. The van der Waals surface area contributed by atoms with Crippen LogP contribution in [-0.4, -0.2) is 48.8 Å². The van der Waals surface area contributed by atoms with Crippen LogP contribution < -0.4 is 16.4 Å². The molecule has 35 heavy (non-hydrogen) atoms. The summed E-state index contributed by atoms with van der Waals surface area (Å²) < 4.78 is 39.6. The van der Waals surface area contributed by atoms with Crippen LogP contribution in [0.1, 0.15) is 37.4 Å². The van der Waals surface area contributed by atoms with E-state index in [2.05, 4.69) is 30.7 Å². The van der Waals surface area contributed by atoms with Gasteiger partial charge in [0.05, 0.1) is 23.9 Å². The second-order valence-electron chi connectivity index (χ2n) is 8.60. The molecular weight excluding hydrogens is 467 g/mol. The highest BCUT2D eigenvalue weighted by atomic mass is 19.4. The van der Waals surface area contributed by atoms with Crippen LogP contribution in [0.2, 0.25) is 0 Å². The molecule has 0 saturated heterocycles. The number of hydrogen-bond acceptors (Lipinski definition) is 8. The Kier molecular flexibility index (Phi) is 4.90. The second-order valence-corrected chi connectivity index (χ2v) is 8.60. The molecule has 180 valence electrons. The summed E-state index contributed by atoms with van der Waals surface area (Å²) in [4.78, 5) is 38.3. The molecule has 1 aliphatic heterocycles. The lowest BCUT2D eigenvalue weighted by molar-refractivity contribution is -0.137. The molecule has 0 aromatic carbocycles. The number of hydrogen-bond donors (Lipinski definition) is 3. The summed E-state index contributed by atoms with van der Waals surface area (Å²) >= 11 is 0. The van der Waals surface area contributed by atoms with Crippen molar-refractivity contribution >= 4 is 34.5 Å². The largest absolute Gasteiger partial charge is 0.390 e. The van der Waals surface area contributed by atoms with Crippen molar-refractivity contribution < 1.29 is 22.8 Å². The van der Waals surface area contributed by atoms with E-state index in [-0.39, 0.29) is 46.1 Å². The SMILES string of the molecule is CC1(C(=O)NC2CC2)C(=O)Nc2nc(-c3nn(CCC(F)(F)F)c4nc(C#N)ccc34)nc(N)c21. The van der Waals surface area contributed by atoms with Gasteiger partial charge in [0, 0.05) is 6.04 Å². The number of carbonyl (C=O) groups is 2. The first kappa shape index (κ1) is 22.5. The minimum atomic E-state index is -4.43. The molecule has 1 aliphatic carbocycles. The van der Waals surface area contributed by atoms with Crippen molar-refractivity contribution in [1.29, 1.82) is 5.26 Å². The van der Waals surface area contributed by atoms with Crippen molar-refractivity contribution in [2.45, 2.75) is 50.4 Å². The number of carbonyl (C=O) groups excluding carboxylic acids is 2. The number of rotatable bonds is 5. The normalized spacial score (nSPS) is 19.3. The molecule has 1 saturated carbocycles. The molecule has 4 N–H and O–H groups in total. The predicted molar refractivity (Wildman–Crippen MR) is 115 cm³/mol. The number of fused-ring (bicyclic) bond motifs is 2. The smallest absolute Gasteiger partial charge is 0.383 e. The van der Waals surface area contributed by atoms with E-state index in [0.29, 0.717) is 5.39 Å². The van der Waals surface area contributed by atoms with E-state index in [1.54, 1.807) is 0 Å². The number of nitriles is 1. The Morgan fingerprint density at radius 2 is 2.09 bits per heavy atom. The van der Waals surface area contributed by atoms with Crippen LogP contribution in [0.15, 0.2) is 12.1 Å². The molecule has 14 heteroatoms. The number of aromatic nitrogens is 5. The van der Waals surface area contributed by atoms with Gasteiger partial charge < -0.3 is 16.4 Å². The Labute approximate surface area is 195 Å². The van der Waals surface area contributed by atoms with Crippen molar-refractivity contribution in [3.8, 4) is 17.6 Å². The fourth-order valence-electron chi connectivity index (χ4n) is 3.96. The molecular formula is C21H18F3N9O2. The number of nitrogen functional groups attached to an aromatic ring is 1. The first-order chi connectivity index (χ1) is 16.5. The first-order valence-electron chi connectivity index (χ1n) is 10.7. The van der Waals surface area contributed by atoms with Crippen LogP contribution in [0.3, 0.4) is 0 Å². The van der Waals surface area contributed by atoms with Gasteiger partial charge in [-0.1, -0.05) is 0 Å². The Balaban J connectivity index is 1.60. The van der Waals surface area contributed by atoms with Gasteiger partial charge in [-0.05, 0) is 31.9 Å². The summed E-state index contributed by atoms with van der Waals surface area (Å²) in [7, 11) is 0. The lowest BCUT2D eigenvalue weighted by Gasteiger charge is -2.21. The topological polar surface area (TPSA) is 165 Å². The summed E-state index contributed by atoms with van der Waals surface area (Å²) in [5.74, 6) is -1.34. The average Bonchev–Trinajstić information content (AvgIpc) is 3.47. The monoisotopic (exact) mass is 485 g/mol. The number of alkyl halides is 3. The quantitative estimate of drug-likeness (QED) is 0.460. The van der Waals surface area contributed by atoms with E-state index in [4.69, 9.17) is 11.0 Å². The predicted octanol–water partition coefficient (Wildman–Crippen LogP) is 1.78. The van der Waals surface area contributed by atoms with Gasteiger partial charge in [0.2, 0.25) is 11.8 Å². The van der Waals surface area contributed by atoms with Crippen LogP contribution in [-0.2, 0) is 21.5 Å². The summed E-state index contributed by atoms with van der Waals surface area (Å²) in [6.07, 6.45) is -3.95. The van der Waals surface area contributed by atoms with Gasteiger partial charge in [-0.3, -0.25) is 9.59 Å². The maximum Gasteiger partial charge on any atom is 0.390 e. The van der Waals surface area contributed by atoms with E-state index in [1.807, 2.05) is 6.07 Å². The third kappa shape index (κ3) is 3.78. The number of amides is 2. The maximum absolute atomic E-state index is 12.9. The van der Waals surface area contributed by atoms with Crippen LogP contribution in [0.25, 0.3) is 22.6 Å². The second kappa shape index (κ2) is 7.62. The lowest BCUT2D eigenvalue weighted by atomic mass is 9.83. The molecule has 0 radical (unpaired) electrons. The Hall–Kier alpha value is -4.28. The highest BCUT2D eigenvalue weighted by Crippen LogP contribution is 2.42. The summed E-state index contributed by atoms with van der Waals surface area (Å²) in [5.41, 5.74) is 4.77. The first-order valence-corrected chi connectivity index (χ1v) is 10.7. The summed E-state index contributed by atoms with van der Waals surface area (Å²) in [6.45, 7) is 0.887. The lowest BCUT2D eigenvalue weighted by Crippen LogP contribution is -2.48. The van der Waals surface area contributed by atoms with Gasteiger partial charge in [-0.25, -0.2) is 19.6 Å². The van der Waals surface area contributed by atoms with Crippen molar-refractivity contribution in [2.24, 2.45) is 0 Å². The molecule has 1 unspecified atom stereocenters. The number of nitrogens with two attached hydrogens (primary N) is 1. The number of nitrogens with zero attached hydrogens (tertiary/aromatic N) is 6. The van der Waals surface area contributed by atoms with E-state index in [0.717, 1.165) is 17.5 Å². The molecule has 4 heterocycles. The molecule has 2 aliphatic rings. The van der Waals surface area contributed by atoms with E-state index < -0.39 is 36.4 Å². The third-order valence-corrected chi connectivity index (χ3v) is 6.02. The molecule has 1 fully saturated rings. The number of halogens is 3. The van der Waals surface area contributed by atoms with Gasteiger partial charge in [-0.2, -0.15) is 23.5 Å². The average molecular weight is 485 g/mol. The highest BCUT2D eigenvalue weighted by molar-refractivity contribution is 6.21. The van der Waals surface area contributed by atoms with Crippen molar-refractivity contribution in [3.63, 3.8) is 0 Å². The number of pyridine rings is 1. The van der Waals surface area contributed by atoms with Crippen LogP contribution in [0, 0.1) is 11.3 Å². The van der Waals surface area contributed by atoms with Gasteiger partial charge >= 0.3 is 6.18 Å². The molecule has 11 nitrogen and oxygen atoms in total. The minimum absolute atomic E-state index is 0.00343. The van der Waals surface area contributed by atoms with Gasteiger partial charge in [0.15, 0.2) is 16.9 Å². The van der Waals surface area contributed by atoms with E-state index in [9.17, 15) is 22.8 Å². The fraction of sp³-hybridized carbons (Fsp3) is 0.381. The molecule has 0 bridgehead atoms. The molecule has 3 aromatic rings. The third-order valence-electron chi connectivity index (χ3n) is 6.02. The van der Waals surface area contributed by atoms with Gasteiger partial charge in [-0.15, -0.1) is 0 Å². The zero-order valence-corrected chi connectivity index (χ0v) is 18.3. The molecule has 1 atom stereocenters. The highest BCUT2D eigenvalue weighted by Gasteiger charge is 2.53. The number of anilines is 2. The van der Waals surface area contributed by atoms with Gasteiger partial charge in [0.1, 0.15) is 29.1 Å². The fourth-order valence-corrected chi connectivity index (χ4v) is 3.96. The van der Waals surface area contributed by atoms with Crippen molar-refractivity contribution in [3.05, 3.63) is 23.4 Å². The van der Waals surface area contributed by atoms with Crippen LogP contribution in [0.4, 0.5) is 24.8 Å². The Bertz CT molecular complexity index is 1440. The molecule has 2 amide bonds. The Morgan fingerprint density at radius 1 is 1.34 bits per heavy atom. The zero-order valence-electron chi connectivity index (χ0n) is 18.3. The van der Waals surface area contributed by atoms with Crippen LogP contribution in [0.5, 0.6) is 0 Å². The summed E-state index contributed by atoms with van der Waals surface area (Å²) in [6, 6.07) is 4.72. The van der Waals surface area contributed by atoms with Crippen molar-refractivity contribution in [2.75, 3.05) is 11.1 Å². The standard InChI is InChI=1S/C21H18F3N9O2/c1-20(18(34)28-9-2-3-9)12-14(26)29-16(30-15(12)31-19(20)35)13-11-5-4-10(8-25)27-17(11)33(32-13)7-6-21(22,23)24/h4-5,9H,2-3,6-7H2,1H3,(H,28,34)(H3,26,29,30,31,35). The van der Waals surface area contributed by atoms with E-state index >= 15 is 0 Å². The number of aryl methyl sites for hydroxylation is 1. The molecule has 0 spiro atoms. The number of nitrogens with one attached hydrogen (secondary N) is 2. The zero-order chi connectivity index (χ0) is 25.1. The molecule has 3 aromatic heterocycles. The van der Waals surface area contributed by atoms with Crippen LogP contribution >= 0.6 is 0 Å². The van der Waals surface area contributed by atoms with E-state index in [1.165, 1.54) is 19.1 Å².